The van der Waals surface area contributed by atoms with E-state index in [9.17, 15) is 9.35 Å². The van der Waals surface area contributed by atoms with E-state index >= 15 is 0 Å². The second-order valence-electron chi connectivity index (χ2n) is 6.49. The van der Waals surface area contributed by atoms with Crippen LogP contribution in [0.4, 0.5) is 4.79 Å². The first-order valence-corrected chi connectivity index (χ1v) is 8.84. The van der Waals surface area contributed by atoms with Gasteiger partial charge in [0, 0.05) is 17.6 Å². The summed E-state index contributed by atoms with van der Waals surface area (Å²) in [5.74, 6) is 0.691. The van der Waals surface area contributed by atoms with E-state index in [1.807, 2.05) is 20.8 Å². The van der Waals surface area contributed by atoms with Crippen LogP contribution in [0.15, 0.2) is 38.8 Å². The lowest BCUT2D eigenvalue weighted by Gasteiger charge is -2.24. The normalized spacial score (nSPS) is 19.5. The largest absolute Gasteiger partial charge is 0.585 e. The molecule has 1 saturated heterocycles. The summed E-state index contributed by atoms with van der Waals surface area (Å²) in [6, 6.07) is 6.68. The van der Waals surface area contributed by atoms with E-state index in [1.54, 1.807) is 36.3 Å². The van der Waals surface area contributed by atoms with Gasteiger partial charge in [-0.2, -0.15) is 0 Å². The van der Waals surface area contributed by atoms with Crippen molar-refractivity contribution in [2.75, 3.05) is 20.2 Å². The number of ether oxygens (including phenoxy) is 2. The molecule has 0 saturated carbocycles. The first-order valence-electron chi connectivity index (χ1n) is 7.73. The fourth-order valence-corrected chi connectivity index (χ4v) is 2.86. The van der Waals surface area contributed by atoms with E-state index < -0.39 is 17.0 Å². The Morgan fingerprint density at radius 1 is 1.33 bits per heavy atom. The molecule has 0 N–H and O–H groups in total. The number of carbonyl (C=O) groups excluding carboxylic acids is 1. The lowest BCUT2D eigenvalue weighted by atomic mass is 10.2. The Hall–Kier alpha value is -1.80. The summed E-state index contributed by atoms with van der Waals surface area (Å²) in [5, 5.41) is 4.12. The molecule has 0 aliphatic carbocycles. The molecule has 1 heterocycles. The Labute approximate surface area is 145 Å². The minimum atomic E-state index is -1.56. The molecule has 7 nitrogen and oxygen atoms in total. The third-order valence-corrected chi connectivity index (χ3v) is 4.28. The molecule has 1 fully saturated rings. The molecule has 132 valence electrons. The van der Waals surface area contributed by atoms with Crippen LogP contribution in [0.25, 0.3) is 0 Å². The van der Waals surface area contributed by atoms with Gasteiger partial charge in [-0.15, -0.1) is 5.11 Å². The number of carbonyl (C=O) groups is 1. The molecule has 8 heteroatoms. The zero-order chi connectivity index (χ0) is 17.7. The second-order valence-corrected chi connectivity index (χ2v) is 7.62. The Morgan fingerprint density at radius 3 is 2.58 bits per heavy atom. The maximum Gasteiger partial charge on any atom is 0.410 e. The van der Waals surface area contributed by atoms with E-state index in [4.69, 9.17) is 9.47 Å². The average Bonchev–Trinajstić information content (AvgIpc) is 3.00. The quantitative estimate of drug-likeness (QED) is 0.614. The van der Waals surface area contributed by atoms with Crippen LogP contribution < -0.4 is 4.74 Å². The fraction of sp³-hybridized carbons (Fsp3) is 0.562. The summed E-state index contributed by atoms with van der Waals surface area (Å²) in [4.78, 5) is 14.1. The Morgan fingerprint density at radius 2 is 2.00 bits per heavy atom. The molecule has 2 unspecified atom stereocenters. The number of amides is 1. The van der Waals surface area contributed by atoms with Crippen molar-refractivity contribution in [3.05, 3.63) is 24.3 Å². The second kappa shape index (κ2) is 7.85. The zero-order valence-corrected chi connectivity index (χ0v) is 15.2. The van der Waals surface area contributed by atoms with Crippen LogP contribution in [0.1, 0.15) is 27.2 Å². The monoisotopic (exact) mass is 353 g/mol. The summed E-state index contributed by atoms with van der Waals surface area (Å²) in [7, 11) is 1.57. The molecule has 24 heavy (non-hydrogen) atoms. The molecular formula is C16H23N3O4S. The van der Waals surface area contributed by atoms with Crippen LogP contribution in [0.3, 0.4) is 0 Å². The Bertz CT molecular complexity index is 586. The number of hydrogen-bond acceptors (Lipinski definition) is 6. The van der Waals surface area contributed by atoms with Gasteiger partial charge >= 0.3 is 6.09 Å². The van der Waals surface area contributed by atoms with Crippen LogP contribution in [0.5, 0.6) is 5.75 Å². The van der Waals surface area contributed by atoms with Gasteiger partial charge in [-0.25, -0.2) is 4.79 Å². The van der Waals surface area contributed by atoms with E-state index in [0.29, 0.717) is 30.2 Å². The summed E-state index contributed by atoms with van der Waals surface area (Å²) in [5.41, 5.74) is -0.521. The Kier molecular flexibility index (Phi) is 6.06. The van der Waals surface area contributed by atoms with Gasteiger partial charge in [-0.05, 0) is 51.5 Å². The van der Waals surface area contributed by atoms with Gasteiger partial charge in [-0.3, -0.25) is 0 Å². The topological polar surface area (TPSA) is 86.5 Å². The SMILES string of the molecule is COc1ccc([S+]([O-])/N=N/C2CCN(C(=O)OC(C)(C)C)C2)cc1. The number of benzene rings is 1. The van der Waals surface area contributed by atoms with Crippen LogP contribution in [-0.4, -0.2) is 47.4 Å². The zero-order valence-electron chi connectivity index (χ0n) is 14.4. The predicted octanol–water partition coefficient (Wildman–Crippen LogP) is 3.18. The van der Waals surface area contributed by atoms with Crippen molar-refractivity contribution in [1.29, 1.82) is 0 Å². The molecule has 1 amide bonds. The highest BCUT2D eigenvalue weighted by molar-refractivity contribution is 7.90. The van der Waals surface area contributed by atoms with E-state index in [2.05, 4.69) is 9.63 Å². The summed E-state index contributed by atoms with van der Waals surface area (Å²) < 4.78 is 26.4. The van der Waals surface area contributed by atoms with Gasteiger partial charge in [0.05, 0.1) is 13.2 Å². The molecule has 0 radical (unpaired) electrons. The third-order valence-electron chi connectivity index (χ3n) is 3.36. The van der Waals surface area contributed by atoms with Crippen molar-refractivity contribution < 1.29 is 18.8 Å². The van der Waals surface area contributed by atoms with Crippen LogP contribution >= 0.6 is 0 Å². The minimum Gasteiger partial charge on any atom is -0.585 e. The lowest BCUT2D eigenvalue weighted by molar-refractivity contribution is 0.0292. The maximum absolute atomic E-state index is 12.1. The smallest absolute Gasteiger partial charge is 0.410 e. The molecule has 1 aromatic carbocycles. The molecule has 0 aromatic heterocycles. The molecule has 2 atom stereocenters. The standard InChI is InChI=1S/C16H23N3O4S/c1-16(2,3)23-15(20)19-10-9-12(11-19)17-18-24(21)14-7-5-13(22-4)6-8-14/h5-8,12H,9-11H2,1-4H3/b18-17+. The lowest BCUT2D eigenvalue weighted by Crippen LogP contribution is -2.35. The van der Waals surface area contributed by atoms with E-state index in [1.165, 1.54) is 0 Å². The molecule has 1 aliphatic heterocycles. The molecule has 2 rings (SSSR count). The molecule has 1 aliphatic rings. The number of methoxy groups -OCH3 is 1. The maximum atomic E-state index is 12.1. The highest BCUT2D eigenvalue weighted by Crippen LogP contribution is 2.20. The van der Waals surface area contributed by atoms with Crippen molar-refractivity contribution in [3.63, 3.8) is 0 Å². The number of rotatable bonds is 4. The van der Waals surface area contributed by atoms with Crippen LogP contribution in [0.2, 0.25) is 0 Å². The van der Waals surface area contributed by atoms with Crippen LogP contribution in [0, 0.1) is 0 Å². The number of likely N-dealkylation sites (tertiary alicyclic amines) is 1. The van der Waals surface area contributed by atoms with Gasteiger partial charge in [0.15, 0.2) is 16.3 Å². The van der Waals surface area contributed by atoms with Crippen molar-refractivity contribution in [3.8, 4) is 5.75 Å². The van der Waals surface area contributed by atoms with Gasteiger partial charge < -0.3 is 18.9 Å². The van der Waals surface area contributed by atoms with Gasteiger partial charge in [-0.1, -0.05) is 0 Å². The van der Waals surface area contributed by atoms with Crippen molar-refractivity contribution in [1.82, 2.24) is 4.90 Å². The minimum absolute atomic E-state index is 0.153. The van der Waals surface area contributed by atoms with E-state index in [0.717, 1.165) is 0 Å². The van der Waals surface area contributed by atoms with Gasteiger partial charge in [0.1, 0.15) is 11.4 Å². The molecule has 1 aromatic rings. The van der Waals surface area contributed by atoms with Crippen molar-refractivity contribution in [2.45, 2.75) is 43.7 Å². The fourth-order valence-electron chi connectivity index (χ4n) is 2.18. The number of nitrogens with zero attached hydrogens (tertiary/aromatic N) is 3. The Balaban J connectivity index is 1.87. The van der Waals surface area contributed by atoms with E-state index in [-0.39, 0.29) is 12.1 Å². The summed E-state index contributed by atoms with van der Waals surface area (Å²) in [6.45, 7) is 6.48. The highest BCUT2D eigenvalue weighted by Gasteiger charge is 2.30. The molecule has 0 bridgehead atoms. The van der Waals surface area contributed by atoms with Crippen molar-refractivity contribution >= 4 is 17.5 Å². The summed E-state index contributed by atoms with van der Waals surface area (Å²) in [6.07, 6.45) is 0.333. The third kappa shape index (κ3) is 5.38. The predicted molar refractivity (Wildman–Crippen MR) is 90.5 cm³/mol. The average molecular weight is 353 g/mol. The number of hydrogen-bond donors (Lipinski definition) is 0. The van der Waals surface area contributed by atoms with Gasteiger partial charge in [0.25, 0.3) is 0 Å². The summed E-state index contributed by atoms with van der Waals surface area (Å²) >= 11 is -1.56. The van der Waals surface area contributed by atoms with Crippen LogP contribution in [-0.2, 0) is 16.1 Å². The first-order chi connectivity index (χ1) is 11.3. The molecular weight excluding hydrogens is 330 g/mol. The molecule has 0 spiro atoms. The first kappa shape index (κ1) is 18.5. The highest BCUT2D eigenvalue weighted by atomic mass is 32.2. The van der Waals surface area contributed by atoms with Gasteiger partial charge in [0.2, 0.25) is 0 Å². The van der Waals surface area contributed by atoms with Crippen molar-refractivity contribution in [2.24, 2.45) is 9.63 Å².